The molecule has 1 saturated heterocycles. The molecule has 1 fully saturated rings. The van der Waals surface area contributed by atoms with Gasteiger partial charge in [0.1, 0.15) is 10.7 Å². The normalized spacial score (nSPS) is 15.0. The number of nitro benzene ring substituents is 1. The Labute approximate surface area is 169 Å². The number of carbonyl (C=O) groups is 2. The topological polar surface area (TPSA) is 102 Å². The molecule has 142 valence electrons. The minimum Gasteiger partial charge on any atom is -0.496 e. The summed E-state index contributed by atoms with van der Waals surface area (Å²) in [4.78, 5) is 35.5. The number of ether oxygens (including phenoxy) is 1. The van der Waals surface area contributed by atoms with Crippen molar-refractivity contribution >= 4 is 51.9 Å². The van der Waals surface area contributed by atoms with Gasteiger partial charge in [0, 0.05) is 23.3 Å². The Morgan fingerprint density at radius 3 is 2.75 bits per heavy atom. The lowest BCUT2D eigenvalue weighted by atomic mass is 10.2. The molecule has 1 heterocycles. The molecule has 1 N–H and O–H groups in total. The first kappa shape index (κ1) is 19.5. The van der Waals surface area contributed by atoms with E-state index in [-0.39, 0.29) is 16.2 Å². The van der Waals surface area contributed by atoms with Gasteiger partial charge in [-0.2, -0.15) is 5.01 Å². The van der Waals surface area contributed by atoms with Crippen molar-refractivity contribution in [3.05, 3.63) is 74.7 Å². The summed E-state index contributed by atoms with van der Waals surface area (Å²) >= 11 is 6.17. The third-order valence-electron chi connectivity index (χ3n) is 3.75. The Hall–Kier alpha value is -3.24. The maximum atomic E-state index is 12.4. The van der Waals surface area contributed by atoms with E-state index in [1.54, 1.807) is 12.1 Å². The van der Waals surface area contributed by atoms with Crippen LogP contribution in [0.5, 0.6) is 5.75 Å². The number of nitrogens with one attached hydrogen (secondary N) is 1. The lowest BCUT2D eigenvalue weighted by Crippen LogP contribution is -2.44. The summed E-state index contributed by atoms with van der Waals surface area (Å²) in [6.07, 6.45) is 1.70. The van der Waals surface area contributed by atoms with Gasteiger partial charge in [0.25, 0.3) is 11.6 Å². The molecule has 0 saturated carbocycles. The first-order chi connectivity index (χ1) is 13.4. The Balaban J connectivity index is 1.80. The zero-order chi connectivity index (χ0) is 20.3. The van der Waals surface area contributed by atoms with E-state index in [0.717, 1.165) is 28.4 Å². The fourth-order valence-corrected chi connectivity index (χ4v) is 3.57. The summed E-state index contributed by atoms with van der Waals surface area (Å²) in [5.41, 5.74) is 2.94. The van der Waals surface area contributed by atoms with Gasteiger partial charge in [-0.15, -0.1) is 0 Å². The first-order valence-corrected chi connectivity index (χ1v) is 9.09. The van der Waals surface area contributed by atoms with E-state index in [4.69, 9.17) is 17.0 Å². The number of benzene rings is 2. The predicted molar refractivity (Wildman–Crippen MR) is 109 cm³/mol. The van der Waals surface area contributed by atoms with E-state index in [9.17, 15) is 19.7 Å². The van der Waals surface area contributed by atoms with Gasteiger partial charge in [0.2, 0.25) is 0 Å². The minimum absolute atomic E-state index is 0.0389. The number of para-hydroxylation sites is 1. The SMILES string of the molecule is COc1ccccc1C=C1SC(=O)N(NC(=O)c2cccc([N+](=O)[O-])c2)C1=S. The van der Waals surface area contributed by atoms with Crippen molar-refractivity contribution in [2.24, 2.45) is 0 Å². The molecular formula is C18H13N3O5S2. The van der Waals surface area contributed by atoms with E-state index in [0.29, 0.717) is 10.7 Å². The third-order valence-corrected chi connectivity index (χ3v) is 5.17. The molecule has 1 aliphatic rings. The number of hydrogen-bond donors (Lipinski definition) is 1. The molecule has 3 rings (SSSR count). The van der Waals surface area contributed by atoms with Crippen LogP contribution in [0, 0.1) is 10.1 Å². The molecule has 0 unspecified atom stereocenters. The highest BCUT2D eigenvalue weighted by molar-refractivity contribution is 8.19. The number of nitro groups is 1. The number of nitrogens with zero attached hydrogens (tertiary/aromatic N) is 2. The van der Waals surface area contributed by atoms with Crippen LogP contribution in [0.3, 0.4) is 0 Å². The summed E-state index contributed by atoms with van der Waals surface area (Å²) in [5, 5.41) is 11.3. The van der Waals surface area contributed by atoms with Gasteiger partial charge in [-0.05, 0) is 30.0 Å². The summed E-state index contributed by atoms with van der Waals surface area (Å²) in [6, 6.07) is 12.4. The van der Waals surface area contributed by atoms with Gasteiger partial charge in [-0.1, -0.05) is 36.5 Å². The molecule has 0 atom stereocenters. The summed E-state index contributed by atoms with van der Waals surface area (Å²) < 4.78 is 5.28. The van der Waals surface area contributed by atoms with E-state index in [1.165, 1.54) is 25.3 Å². The van der Waals surface area contributed by atoms with Crippen molar-refractivity contribution in [3.8, 4) is 5.75 Å². The molecule has 0 spiro atoms. The number of thioether (sulfide) groups is 1. The molecule has 0 bridgehead atoms. The van der Waals surface area contributed by atoms with Gasteiger partial charge in [-0.3, -0.25) is 25.1 Å². The second kappa shape index (κ2) is 8.19. The maximum absolute atomic E-state index is 12.4. The number of thiocarbonyl (C=S) groups is 1. The Morgan fingerprint density at radius 2 is 2.04 bits per heavy atom. The number of hydrazine groups is 1. The molecule has 2 aromatic rings. The Morgan fingerprint density at radius 1 is 1.29 bits per heavy atom. The van der Waals surface area contributed by atoms with Crippen LogP contribution in [0.4, 0.5) is 10.5 Å². The van der Waals surface area contributed by atoms with Crippen molar-refractivity contribution in [1.29, 1.82) is 0 Å². The minimum atomic E-state index is -0.682. The molecule has 0 aromatic heterocycles. The van der Waals surface area contributed by atoms with Crippen LogP contribution in [-0.2, 0) is 0 Å². The zero-order valence-electron chi connectivity index (χ0n) is 14.4. The summed E-state index contributed by atoms with van der Waals surface area (Å²) in [7, 11) is 1.54. The van der Waals surface area contributed by atoms with Gasteiger partial charge >= 0.3 is 5.24 Å². The molecule has 28 heavy (non-hydrogen) atoms. The highest BCUT2D eigenvalue weighted by atomic mass is 32.2. The molecule has 2 aromatic carbocycles. The molecule has 10 heteroatoms. The van der Waals surface area contributed by atoms with Crippen LogP contribution in [0.2, 0.25) is 0 Å². The average molecular weight is 415 g/mol. The Kier molecular flexibility index (Phi) is 5.71. The number of rotatable bonds is 5. The van der Waals surface area contributed by atoms with Gasteiger partial charge in [0.15, 0.2) is 0 Å². The van der Waals surface area contributed by atoms with Crippen LogP contribution in [0.1, 0.15) is 15.9 Å². The van der Waals surface area contributed by atoms with Crippen molar-refractivity contribution in [2.45, 2.75) is 0 Å². The van der Waals surface area contributed by atoms with Crippen molar-refractivity contribution in [3.63, 3.8) is 0 Å². The summed E-state index contributed by atoms with van der Waals surface area (Å²) in [5.74, 6) is -0.0662. The second-order valence-electron chi connectivity index (χ2n) is 5.51. The van der Waals surface area contributed by atoms with Crippen LogP contribution < -0.4 is 10.2 Å². The van der Waals surface area contributed by atoms with E-state index >= 15 is 0 Å². The van der Waals surface area contributed by atoms with Crippen LogP contribution in [0.25, 0.3) is 6.08 Å². The molecule has 0 aliphatic carbocycles. The highest BCUT2D eigenvalue weighted by Gasteiger charge is 2.33. The maximum Gasteiger partial charge on any atom is 0.310 e. The zero-order valence-corrected chi connectivity index (χ0v) is 16.1. The van der Waals surface area contributed by atoms with E-state index < -0.39 is 16.1 Å². The van der Waals surface area contributed by atoms with E-state index in [1.807, 2.05) is 18.2 Å². The van der Waals surface area contributed by atoms with Crippen molar-refractivity contribution in [1.82, 2.24) is 10.4 Å². The van der Waals surface area contributed by atoms with Crippen LogP contribution in [0.15, 0.2) is 53.4 Å². The Bertz CT molecular complexity index is 1020. The predicted octanol–water partition coefficient (Wildman–Crippen LogP) is 3.79. The molecule has 0 radical (unpaired) electrons. The average Bonchev–Trinajstić information content (AvgIpc) is 2.95. The van der Waals surface area contributed by atoms with Crippen LogP contribution in [-0.4, -0.2) is 33.2 Å². The quantitative estimate of drug-likeness (QED) is 0.343. The number of methoxy groups -OCH3 is 1. The lowest BCUT2D eigenvalue weighted by molar-refractivity contribution is -0.384. The van der Waals surface area contributed by atoms with Crippen LogP contribution >= 0.6 is 24.0 Å². The number of hydrogen-bond acceptors (Lipinski definition) is 7. The fraction of sp³-hybridized carbons (Fsp3) is 0.0556. The van der Waals surface area contributed by atoms with Gasteiger partial charge in [0.05, 0.1) is 16.9 Å². The number of non-ortho nitro benzene ring substituents is 1. The van der Waals surface area contributed by atoms with Gasteiger partial charge < -0.3 is 4.74 Å². The molecule has 1 aliphatic heterocycles. The van der Waals surface area contributed by atoms with Crippen molar-refractivity contribution < 1.29 is 19.2 Å². The van der Waals surface area contributed by atoms with Gasteiger partial charge in [-0.25, -0.2) is 0 Å². The van der Waals surface area contributed by atoms with Crippen molar-refractivity contribution in [2.75, 3.05) is 7.11 Å². The smallest absolute Gasteiger partial charge is 0.310 e. The number of amides is 2. The first-order valence-electron chi connectivity index (χ1n) is 7.87. The monoisotopic (exact) mass is 415 g/mol. The number of carbonyl (C=O) groups excluding carboxylic acids is 2. The highest BCUT2D eigenvalue weighted by Crippen LogP contribution is 2.34. The standard InChI is InChI=1S/C18H13N3O5S2/c1-26-14-8-3-2-5-11(14)10-15-17(27)20(18(23)28-15)19-16(22)12-6-4-7-13(9-12)21(24)25/h2-10H,1H3,(H,19,22). The molecule has 2 amide bonds. The fourth-order valence-electron chi connectivity index (χ4n) is 2.42. The van der Waals surface area contributed by atoms with E-state index in [2.05, 4.69) is 5.43 Å². The second-order valence-corrected chi connectivity index (χ2v) is 6.89. The lowest BCUT2D eigenvalue weighted by Gasteiger charge is -2.15. The largest absolute Gasteiger partial charge is 0.496 e. The summed E-state index contributed by atoms with van der Waals surface area (Å²) in [6.45, 7) is 0. The molecular weight excluding hydrogens is 402 g/mol. The third kappa shape index (κ3) is 4.02. The molecule has 8 nitrogen and oxygen atoms in total.